The molecule has 1 aromatic carbocycles. The van der Waals surface area contributed by atoms with Crippen LogP contribution in [-0.4, -0.2) is 53.0 Å². The highest BCUT2D eigenvalue weighted by Gasteiger charge is 2.09. The molecule has 0 aliphatic carbocycles. The first kappa shape index (κ1) is 23.8. The number of aliphatic imine (C=N–C) groups is 1. The number of aryl methyl sites for hydroxylation is 2. The molecule has 30 heavy (non-hydrogen) atoms. The second-order valence-corrected chi connectivity index (χ2v) is 6.61. The Balaban J connectivity index is 0.00000320. The fourth-order valence-corrected chi connectivity index (χ4v) is 3.10. The van der Waals surface area contributed by atoms with Gasteiger partial charge >= 0.3 is 0 Å². The molecule has 3 aromatic rings. The second kappa shape index (κ2) is 11.6. The van der Waals surface area contributed by atoms with E-state index in [1.165, 1.54) is 6.33 Å². The molecule has 0 amide bonds. The van der Waals surface area contributed by atoms with Crippen molar-refractivity contribution in [1.82, 2.24) is 30.4 Å². The Hall–Kier alpha value is -2.50. The molecule has 3 rings (SSSR count). The van der Waals surface area contributed by atoms with Crippen LogP contribution in [0.3, 0.4) is 0 Å². The Bertz CT molecular complexity index is 967. The van der Waals surface area contributed by atoms with Crippen molar-refractivity contribution in [1.29, 1.82) is 0 Å². The number of H-pyrrole nitrogens is 1. The van der Waals surface area contributed by atoms with Gasteiger partial charge in [-0.1, -0.05) is 0 Å². The predicted octanol–water partition coefficient (Wildman–Crippen LogP) is 2.62. The van der Waals surface area contributed by atoms with Crippen LogP contribution in [0, 0.1) is 0 Å². The molecule has 0 atom stereocenters. The van der Waals surface area contributed by atoms with Crippen LogP contribution in [0.25, 0.3) is 10.9 Å². The number of guanidine groups is 1. The van der Waals surface area contributed by atoms with Gasteiger partial charge in [-0.15, -0.1) is 24.0 Å². The lowest BCUT2D eigenvalue weighted by molar-refractivity contribution is 0.398. The summed E-state index contributed by atoms with van der Waals surface area (Å²) in [6.07, 6.45) is 3.41. The number of halogens is 1. The fourth-order valence-electron chi connectivity index (χ4n) is 3.10. The first-order valence-corrected chi connectivity index (χ1v) is 9.73. The maximum atomic E-state index is 5.49. The van der Waals surface area contributed by atoms with Crippen molar-refractivity contribution in [3.63, 3.8) is 0 Å². The SMILES string of the molecule is CCNC(=NCc1ncnn1C)NCCCc1cc2c(OC)cc(OC)cc2[nH]1.I. The van der Waals surface area contributed by atoms with E-state index >= 15 is 0 Å². The van der Waals surface area contributed by atoms with Crippen LogP contribution in [-0.2, 0) is 20.0 Å². The number of hydrogen-bond donors (Lipinski definition) is 3. The first-order chi connectivity index (χ1) is 14.1. The average Bonchev–Trinajstić information content (AvgIpc) is 3.33. The van der Waals surface area contributed by atoms with Crippen molar-refractivity contribution in [3.05, 3.63) is 36.0 Å². The fraction of sp³-hybridized carbons (Fsp3) is 0.450. The smallest absolute Gasteiger partial charge is 0.191 e. The third kappa shape index (κ3) is 6.00. The lowest BCUT2D eigenvalue weighted by Crippen LogP contribution is -2.38. The molecule has 2 aromatic heterocycles. The number of ether oxygens (including phenoxy) is 2. The molecule has 0 spiro atoms. The molecule has 3 N–H and O–H groups in total. The Morgan fingerprint density at radius 3 is 2.70 bits per heavy atom. The van der Waals surface area contributed by atoms with Gasteiger partial charge in [0.15, 0.2) is 5.96 Å². The summed E-state index contributed by atoms with van der Waals surface area (Å²) in [5, 5.41) is 11.8. The number of hydrogen-bond acceptors (Lipinski definition) is 5. The highest BCUT2D eigenvalue weighted by molar-refractivity contribution is 14.0. The Morgan fingerprint density at radius 2 is 2.03 bits per heavy atom. The van der Waals surface area contributed by atoms with Crippen molar-refractivity contribution in [2.45, 2.75) is 26.3 Å². The van der Waals surface area contributed by atoms with Gasteiger partial charge in [0.05, 0.1) is 19.7 Å². The summed E-state index contributed by atoms with van der Waals surface area (Å²) >= 11 is 0. The number of aromatic amines is 1. The molecular formula is C20H30IN7O2. The molecule has 9 nitrogen and oxygen atoms in total. The Morgan fingerprint density at radius 1 is 1.20 bits per heavy atom. The first-order valence-electron chi connectivity index (χ1n) is 9.73. The summed E-state index contributed by atoms with van der Waals surface area (Å²) in [4.78, 5) is 12.2. The summed E-state index contributed by atoms with van der Waals surface area (Å²) in [5.41, 5.74) is 2.18. The van der Waals surface area contributed by atoms with Gasteiger partial charge in [0.1, 0.15) is 30.2 Å². The molecule has 0 unspecified atom stereocenters. The number of aromatic nitrogens is 4. The van der Waals surface area contributed by atoms with Crippen LogP contribution in [0.4, 0.5) is 0 Å². The van der Waals surface area contributed by atoms with Gasteiger partial charge in [0.25, 0.3) is 0 Å². The summed E-state index contributed by atoms with van der Waals surface area (Å²) in [6, 6.07) is 6.03. The molecule has 0 saturated heterocycles. The molecule has 0 aliphatic heterocycles. The topological polar surface area (TPSA) is 101 Å². The molecular weight excluding hydrogens is 497 g/mol. The third-order valence-electron chi connectivity index (χ3n) is 4.63. The van der Waals surface area contributed by atoms with Crippen molar-refractivity contribution < 1.29 is 9.47 Å². The minimum absolute atomic E-state index is 0. The third-order valence-corrected chi connectivity index (χ3v) is 4.63. The van der Waals surface area contributed by atoms with E-state index in [9.17, 15) is 0 Å². The lowest BCUT2D eigenvalue weighted by Gasteiger charge is -2.10. The van der Waals surface area contributed by atoms with Gasteiger partial charge in [-0.05, 0) is 25.8 Å². The van der Waals surface area contributed by atoms with E-state index in [2.05, 4.69) is 36.8 Å². The summed E-state index contributed by atoms with van der Waals surface area (Å²) < 4.78 is 12.6. The maximum absolute atomic E-state index is 5.49. The second-order valence-electron chi connectivity index (χ2n) is 6.61. The van der Waals surface area contributed by atoms with Crippen molar-refractivity contribution in [2.75, 3.05) is 27.3 Å². The number of nitrogens with zero attached hydrogens (tertiary/aromatic N) is 4. The van der Waals surface area contributed by atoms with Gasteiger partial charge in [-0.3, -0.25) is 4.68 Å². The minimum Gasteiger partial charge on any atom is -0.497 e. The number of benzene rings is 1. The predicted molar refractivity (Wildman–Crippen MR) is 129 cm³/mol. The van der Waals surface area contributed by atoms with Crippen molar-refractivity contribution in [2.24, 2.45) is 12.0 Å². The largest absolute Gasteiger partial charge is 0.497 e. The van der Waals surface area contributed by atoms with Crippen LogP contribution in [0.15, 0.2) is 29.5 Å². The molecule has 0 radical (unpaired) electrons. The Kier molecular flexibility index (Phi) is 9.21. The summed E-state index contributed by atoms with van der Waals surface area (Å²) in [5.74, 6) is 3.19. The molecule has 0 saturated carbocycles. The van der Waals surface area contributed by atoms with E-state index in [1.54, 1.807) is 18.9 Å². The summed E-state index contributed by atoms with van der Waals surface area (Å²) in [7, 11) is 5.19. The van der Waals surface area contributed by atoms with Crippen LogP contribution >= 0.6 is 24.0 Å². The van der Waals surface area contributed by atoms with Crippen molar-refractivity contribution >= 4 is 40.8 Å². The average molecular weight is 527 g/mol. The number of fused-ring (bicyclic) bond motifs is 1. The lowest BCUT2D eigenvalue weighted by atomic mass is 10.2. The van der Waals surface area contributed by atoms with Gasteiger partial charge < -0.3 is 25.1 Å². The molecule has 0 fully saturated rings. The Labute approximate surface area is 193 Å². The highest BCUT2D eigenvalue weighted by atomic mass is 127. The van der Waals surface area contributed by atoms with E-state index in [4.69, 9.17) is 9.47 Å². The quantitative estimate of drug-likeness (QED) is 0.171. The molecule has 164 valence electrons. The molecule has 0 aliphatic rings. The number of rotatable bonds is 9. The minimum atomic E-state index is 0. The van der Waals surface area contributed by atoms with Crippen molar-refractivity contribution in [3.8, 4) is 11.5 Å². The van der Waals surface area contributed by atoms with E-state index in [0.717, 1.165) is 65.8 Å². The normalized spacial score (nSPS) is 11.3. The van der Waals surface area contributed by atoms with E-state index in [-0.39, 0.29) is 24.0 Å². The zero-order valence-electron chi connectivity index (χ0n) is 17.9. The van der Waals surface area contributed by atoms with Gasteiger partial charge in [0.2, 0.25) is 0 Å². The monoisotopic (exact) mass is 527 g/mol. The van der Waals surface area contributed by atoms with Gasteiger partial charge in [-0.25, -0.2) is 9.98 Å². The molecule has 0 bridgehead atoms. The zero-order valence-corrected chi connectivity index (χ0v) is 20.2. The highest BCUT2D eigenvalue weighted by Crippen LogP contribution is 2.31. The summed E-state index contributed by atoms with van der Waals surface area (Å²) in [6.45, 7) is 4.13. The van der Waals surface area contributed by atoms with Crippen LogP contribution < -0.4 is 20.1 Å². The van der Waals surface area contributed by atoms with E-state index in [1.807, 2.05) is 26.1 Å². The number of methoxy groups -OCH3 is 2. The van der Waals surface area contributed by atoms with Crippen LogP contribution in [0.2, 0.25) is 0 Å². The van der Waals surface area contributed by atoms with E-state index < -0.39 is 0 Å². The standard InChI is InChI=1S/C20H29N7O2.HI/c1-5-21-20(23-12-19-24-13-25-27(19)2)22-8-6-7-14-9-16-17(26-14)10-15(28-3)11-18(16)29-4;/h9-11,13,26H,5-8,12H2,1-4H3,(H2,21,22,23);1H. The van der Waals surface area contributed by atoms with Gasteiger partial charge in [-0.2, -0.15) is 5.10 Å². The van der Waals surface area contributed by atoms with Gasteiger partial charge in [0, 0.05) is 43.4 Å². The van der Waals surface area contributed by atoms with Crippen LogP contribution in [0.5, 0.6) is 11.5 Å². The number of nitrogens with one attached hydrogen (secondary N) is 3. The maximum Gasteiger partial charge on any atom is 0.191 e. The van der Waals surface area contributed by atoms with Crippen LogP contribution in [0.1, 0.15) is 24.9 Å². The zero-order chi connectivity index (χ0) is 20.6. The van der Waals surface area contributed by atoms with E-state index in [0.29, 0.717) is 6.54 Å². The molecule has 10 heteroatoms. The molecule has 2 heterocycles.